The predicted octanol–water partition coefficient (Wildman–Crippen LogP) is 2.57. The van der Waals surface area contributed by atoms with Gasteiger partial charge in [0.1, 0.15) is 0 Å². The van der Waals surface area contributed by atoms with Crippen LogP contribution < -0.4 is 16.1 Å². The van der Waals surface area contributed by atoms with Crippen LogP contribution in [-0.2, 0) is 20.1 Å². The van der Waals surface area contributed by atoms with Crippen LogP contribution >= 0.6 is 0 Å². The van der Waals surface area contributed by atoms with Crippen molar-refractivity contribution in [3.63, 3.8) is 0 Å². The second-order valence-corrected chi connectivity index (χ2v) is 7.94. The van der Waals surface area contributed by atoms with Crippen LogP contribution in [0.4, 0.5) is 11.6 Å². The first kappa shape index (κ1) is 18.3. The SMILES string of the molecule is C=C(C)Cn1c(=O)c2c(nc3n2C[C@@H](C)CN3c2ccc(C)cc2)n(C)c1=O. The lowest BCUT2D eigenvalue weighted by atomic mass is 10.1. The maximum absolute atomic E-state index is 13.2. The van der Waals surface area contributed by atoms with Gasteiger partial charge in [-0.05, 0) is 31.9 Å². The number of anilines is 2. The van der Waals surface area contributed by atoms with E-state index in [0.29, 0.717) is 29.6 Å². The molecule has 3 heterocycles. The van der Waals surface area contributed by atoms with E-state index >= 15 is 0 Å². The van der Waals surface area contributed by atoms with Crippen LogP contribution in [0, 0.1) is 12.8 Å². The van der Waals surface area contributed by atoms with Gasteiger partial charge >= 0.3 is 5.69 Å². The standard InChI is InChI=1S/C21H25N5O2/c1-13(2)10-26-19(27)17-18(23(5)21(26)28)22-20-24(11-15(4)12-25(17)20)16-8-6-14(3)7-9-16/h6-9,15H,1,10-12H2,2-5H3/t15-/m0/s1. The minimum atomic E-state index is -0.370. The summed E-state index contributed by atoms with van der Waals surface area (Å²) in [5.74, 6) is 1.04. The van der Waals surface area contributed by atoms with Gasteiger partial charge in [-0.15, -0.1) is 0 Å². The molecule has 0 saturated carbocycles. The monoisotopic (exact) mass is 379 g/mol. The van der Waals surface area contributed by atoms with E-state index in [4.69, 9.17) is 4.98 Å². The number of aryl methyl sites for hydroxylation is 2. The minimum absolute atomic E-state index is 0.208. The number of fused-ring (bicyclic) bond motifs is 3. The number of hydrogen-bond acceptors (Lipinski definition) is 4. The summed E-state index contributed by atoms with van der Waals surface area (Å²) in [6.07, 6.45) is 0. The smallest absolute Gasteiger partial charge is 0.312 e. The van der Waals surface area contributed by atoms with Gasteiger partial charge in [0.05, 0.1) is 6.54 Å². The first-order chi connectivity index (χ1) is 13.3. The van der Waals surface area contributed by atoms with Gasteiger partial charge in [-0.1, -0.05) is 36.8 Å². The second-order valence-electron chi connectivity index (χ2n) is 7.94. The molecule has 2 aromatic heterocycles. The van der Waals surface area contributed by atoms with Gasteiger partial charge < -0.3 is 9.47 Å². The van der Waals surface area contributed by atoms with E-state index in [1.807, 2.05) is 11.5 Å². The quantitative estimate of drug-likeness (QED) is 0.656. The summed E-state index contributed by atoms with van der Waals surface area (Å²) in [6, 6.07) is 8.26. The molecule has 1 aliphatic rings. The van der Waals surface area contributed by atoms with Crippen LogP contribution in [-0.4, -0.2) is 25.2 Å². The Kier molecular flexibility index (Phi) is 4.25. The molecular formula is C21H25N5O2. The van der Waals surface area contributed by atoms with Crippen LogP contribution in [0.3, 0.4) is 0 Å². The summed E-state index contributed by atoms with van der Waals surface area (Å²) in [4.78, 5) is 32.8. The summed E-state index contributed by atoms with van der Waals surface area (Å²) in [7, 11) is 1.66. The van der Waals surface area contributed by atoms with E-state index in [1.165, 1.54) is 14.7 Å². The van der Waals surface area contributed by atoms with Crippen LogP contribution in [0.2, 0.25) is 0 Å². The first-order valence-corrected chi connectivity index (χ1v) is 9.46. The van der Waals surface area contributed by atoms with E-state index in [9.17, 15) is 9.59 Å². The molecule has 0 saturated heterocycles. The Balaban J connectivity index is 2.00. The Morgan fingerprint density at radius 1 is 1.21 bits per heavy atom. The van der Waals surface area contributed by atoms with Crippen LogP contribution in [0.5, 0.6) is 0 Å². The Labute approximate surface area is 163 Å². The Hall–Kier alpha value is -3.09. The summed E-state index contributed by atoms with van der Waals surface area (Å²) in [5.41, 5.74) is 3.19. The summed E-state index contributed by atoms with van der Waals surface area (Å²) >= 11 is 0. The van der Waals surface area contributed by atoms with Gasteiger partial charge in [-0.25, -0.2) is 4.79 Å². The number of nitrogens with zero attached hydrogens (tertiary/aromatic N) is 5. The summed E-state index contributed by atoms with van der Waals surface area (Å²) in [5, 5.41) is 0. The van der Waals surface area contributed by atoms with Crippen molar-refractivity contribution in [2.45, 2.75) is 33.9 Å². The molecule has 146 valence electrons. The molecule has 1 aliphatic heterocycles. The fourth-order valence-electron chi connectivity index (χ4n) is 3.86. The van der Waals surface area contributed by atoms with Crippen molar-refractivity contribution >= 4 is 22.8 Å². The topological polar surface area (TPSA) is 65.1 Å². The average molecular weight is 379 g/mol. The summed E-state index contributed by atoms with van der Waals surface area (Å²) < 4.78 is 4.66. The molecule has 0 amide bonds. The zero-order valence-corrected chi connectivity index (χ0v) is 16.8. The number of aromatic nitrogens is 4. The molecule has 7 heteroatoms. The lowest BCUT2D eigenvalue weighted by molar-refractivity contribution is 0.458. The lowest BCUT2D eigenvalue weighted by Gasteiger charge is -2.33. The van der Waals surface area contributed by atoms with Crippen LogP contribution in [0.15, 0.2) is 46.0 Å². The van der Waals surface area contributed by atoms with E-state index in [-0.39, 0.29) is 17.8 Å². The number of allylic oxidation sites excluding steroid dienone is 1. The highest BCUT2D eigenvalue weighted by Crippen LogP contribution is 2.32. The predicted molar refractivity (Wildman–Crippen MR) is 111 cm³/mol. The number of rotatable bonds is 3. The van der Waals surface area contributed by atoms with Gasteiger partial charge in [0, 0.05) is 25.8 Å². The molecule has 0 bridgehead atoms. The minimum Gasteiger partial charge on any atom is -0.312 e. The number of benzene rings is 1. The highest BCUT2D eigenvalue weighted by molar-refractivity contribution is 5.77. The lowest BCUT2D eigenvalue weighted by Crippen LogP contribution is -2.40. The Morgan fingerprint density at radius 2 is 1.89 bits per heavy atom. The molecule has 0 unspecified atom stereocenters. The molecule has 4 rings (SSSR count). The molecule has 0 aliphatic carbocycles. The Morgan fingerprint density at radius 3 is 2.54 bits per heavy atom. The molecule has 3 aromatic rings. The van der Waals surface area contributed by atoms with Crippen molar-refractivity contribution in [1.29, 1.82) is 0 Å². The third kappa shape index (κ3) is 2.78. The van der Waals surface area contributed by atoms with Crippen molar-refractivity contribution < 1.29 is 0 Å². The first-order valence-electron chi connectivity index (χ1n) is 9.46. The Bertz CT molecular complexity index is 1200. The molecule has 0 spiro atoms. The molecule has 28 heavy (non-hydrogen) atoms. The molecular weight excluding hydrogens is 354 g/mol. The fraction of sp³-hybridized carbons (Fsp3) is 0.381. The fourth-order valence-corrected chi connectivity index (χ4v) is 3.86. The van der Waals surface area contributed by atoms with Crippen molar-refractivity contribution in [1.82, 2.24) is 18.7 Å². The van der Waals surface area contributed by atoms with E-state index in [2.05, 4.69) is 49.6 Å². The molecule has 1 atom stereocenters. The summed E-state index contributed by atoms with van der Waals surface area (Å²) in [6.45, 7) is 11.6. The van der Waals surface area contributed by atoms with Gasteiger partial charge in [-0.3, -0.25) is 13.9 Å². The van der Waals surface area contributed by atoms with E-state index in [1.54, 1.807) is 7.05 Å². The van der Waals surface area contributed by atoms with Crippen molar-refractivity contribution in [3.8, 4) is 0 Å². The van der Waals surface area contributed by atoms with E-state index in [0.717, 1.165) is 17.8 Å². The molecule has 0 N–H and O–H groups in total. The normalized spacial score (nSPS) is 16.4. The zero-order chi connectivity index (χ0) is 20.2. The van der Waals surface area contributed by atoms with Gasteiger partial charge in [0.15, 0.2) is 11.2 Å². The van der Waals surface area contributed by atoms with Crippen molar-refractivity contribution in [2.24, 2.45) is 13.0 Å². The number of hydrogen-bond donors (Lipinski definition) is 0. The highest BCUT2D eigenvalue weighted by Gasteiger charge is 2.29. The third-order valence-electron chi connectivity index (χ3n) is 5.22. The van der Waals surface area contributed by atoms with Crippen molar-refractivity contribution in [2.75, 3.05) is 11.4 Å². The van der Waals surface area contributed by atoms with Gasteiger partial charge in [0.25, 0.3) is 5.56 Å². The zero-order valence-electron chi connectivity index (χ0n) is 16.8. The highest BCUT2D eigenvalue weighted by atomic mass is 16.2. The molecule has 7 nitrogen and oxygen atoms in total. The average Bonchev–Trinajstić information content (AvgIpc) is 3.03. The third-order valence-corrected chi connectivity index (χ3v) is 5.22. The number of imidazole rings is 1. The molecule has 0 fully saturated rings. The van der Waals surface area contributed by atoms with Crippen LogP contribution in [0.25, 0.3) is 11.2 Å². The largest absolute Gasteiger partial charge is 0.332 e. The van der Waals surface area contributed by atoms with Gasteiger partial charge in [0.2, 0.25) is 5.95 Å². The van der Waals surface area contributed by atoms with Crippen LogP contribution in [0.1, 0.15) is 19.4 Å². The maximum atomic E-state index is 13.2. The second kappa shape index (κ2) is 6.51. The molecule has 1 aromatic carbocycles. The van der Waals surface area contributed by atoms with E-state index < -0.39 is 0 Å². The van der Waals surface area contributed by atoms with Crippen molar-refractivity contribution in [3.05, 3.63) is 62.8 Å². The van der Waals surface area contributed by atoms with Gasteiger partial charge in [-0.2, -0.15) is 4.98 Å². The molecule has 0 radical (unpaired) electrons. The maximum Gasteiger partial charge on any atom is 0.332 e.